The third-order valence-electron chi connectivity index (χ3n) is 2.57. The van der Waals surface area contributed by atoms with Crippen LogP contribution < -0.4 is 4.72 Å². The van der Waals surface area contributed by atoms with Crippen LogP contribution in [0.2, 0.25) is 0 Å². The minimum atomic E-state index is -3.37. The van der Waals surface area contributed by atoms with Crippen LogP contribution in [-0.2, 0) is 15.8 Å². The first-order valence-electron chi connectivity index (χ1n) is 6.14. The lowest BCUT2D eigenvalue weighted by atomic mass is 10.2. The lowest BCUT2D eigenvalue weighted by Gasteiger charge is -2.06. The van der Waals surface area contributed by atoms with E-state index in [-0.39, 0.29) is 12.4 Å². The predicted octanol–water partition coefficient (Wildman–Crippen LogP) is 1.14. The van der Waals surface area contributed by atoms with E-state index in [4.69, 9.17) is 10.4 Å². The van der Waals surface area contributed by atoms with Crippen LogP contribution in [0.15, 0.2) is 24.3 Å². The van der Waals surface area contributed by atoms with E-state index in [9.17, 15) is 8.42 Å². The first kappa shape index (κ1) is 15.6. The molecule has 0 saturated heterocycles. The minimum Gasteiger partial charge on any atom is -0.396 e. The summed E-state index contributed by atoms with van der Waals surface area (Å²) < 4.78 is 26.1. The Bertz CT molecular complexity index is 535. The van der Waals surface area contributed by atoms with E-state index in [0.717, 1.165) is 6.42 Å². The molecule has 0 aliphatic heterocycles. The van der Waals surface area contributed by atoms with Gasteiger partial charge in [-0.15, -0.1) is 0 Å². The Morgan fingerprint density at radius 2 is 2.05 bits per heavy atom. The highest BCUT2D eigenvalue weighted by molar-refractivity contribution is 7.88. The van der Waals surface area contributed by atoms with Gasteiger partial charge in [0.05, 0.1) is 17.4 Å². The van der Waals surface area contributed by atoms with Crippen molar-refractivity contribution in [1.29, 1.82) is 5.26 Å². The van der Waals surface area contributed by atoms with Gasteiger partial charge in [0.2, 0.25) is 10.0 Å². The fourth-order valence-corrected chi connectivity index (χ4v) is 2.82. The molecular weight excluding hydrogens is 264 g/mol. The Hall–Kier alpha value is -1.42. The molecule has 6 heteroatoms. The predicted molar refractivity (Wildman–Crippen MR) is 72.7 cm³/mol. The molecule has 104 valence electrons. The van der Waals surface area contributed by atoms with E-state index >= 15 is 0 Å². The molecule has 1 aromatic carbocycles. The second kappa shape index (κ2) is 7.89. The van der Waals surface area contributed by atoms with Crippen LogP contribution in [0.25, 0.3) is 0 Å². The molecule has 1 aromatic rings. The Kier molecular flexibility index (Phi) is 6.50. The number of aliphatic hydroxyl groups is 1. The molecule has 0 heterocycles. The number of unbranched alkanes of at least 4 members (excludes halogenated alkanes) is 2. The average molecular weight is 282 g/mol. The molecule has 0 saturated carbocycles. The van der Waals surface area contributed by atoms with Crippen molar-refractivity contribution in [2.24, 2.45) is 0 Å². The molecule has 0 bridgehead atoms. The summed E-state index contributed by atoms with van der Waals surface area (Å²) in [6.07, 6.45) is 2.19. The number of hydrogen-bond acceptors (Lipinski definition) is 4. The molecule has 19 heavy (non-hydrogen) atoms. The summed E-state index contributed by atoms with van der Waals surface area (Å²) in [6, 6.07) is 8.55. The molecule has 1 rings (SSSR count). The second-order valence-corrected chi connectivity index (χ2v) is 6.06. The van der Waals surface area contributed by atoms with Crippen LogP contribution in [0.4, 0.5) is 0 Å². The summed E-state index contributed by atoms with van der Waals surface area (Å²) in [5.74, 6) is -0.123. The molecule has 0 spiro atoms. The molecule has 0 fully saturated rings. The smallest absolute Gasteiger partial charge is 0.215 e. The molecule has 0 aliphatic rings. The molecule has 0 aliphatic carbocycles. The van der Waals surface area contributed by atoms with Gasteiger partial charge in [0.25, 0.3) is 0 Å². The molecular formula is C13H18N2O3S. The number of hydrogen-bond donors (Lipinski definition) is 2. The van der Waals surface area contributed by atoms with Gasteiger partial charge in [-0.2, -0.15) is 5.26 Å². The molecule has 5 nitrogen and oxygen atoms in total. The van der Waals surface area contributed by atoms with E-state index in [0.29, 0.717) is 30.5 Å². The fourth-order valence-electron chi connectivity index (χ4n) is 1.64. The lowest BCUT2D eigenvalue weighted by Crippen LogP contribution is -2.26. The number of nitrogens with zero attached hydrogens (tertiary/aromatic N) is 1. The van der Waals surface area contributed by atoms with E-state index in [1.54, 1.807) is 24.3 Å². The van der Waals surface area contributed by atoms with Gasteiger partial charge in [-0.25, -0.2) is 13.1 Å². The number of aliphatic hydroxyl groups excluding tert-OH is 1. The van der Waals surface area contributed by atoms with Crippen molar-refractivity contribution >= 4 is 10.0 Å². The fraction of sp³-hybridized carbons (Fsp3) is 0.462. The van der Waals surface area contributed by atoms with Crippen molar-refractivity contribution in [3.8, 4) is 6.07 Å². The second-order valence-electron chi connectivity index (χ2n) is 4.25. The molecule has 0 radical (unpaired) electrons. The zero-order chi connectivity index (χ0) is 14.1. The van der Waals surface area contributed by atoms with E-state index in [2.05, 4.69) is 4.72 Å². The monoisotopic (exact) mass is 282 g/mol. The van der Waals surface area contributed by atoms with Gasteiger partial charge in [0.15, 0.2) is 0 Å². The average Bonchev–Trinajstić information content (AvgIpc) is 2.38. The lowest BCUT2D eigenvalue weighted by molar-refractivity contribution is 0.283. The van der Waals surface area contributed by atoms with Crippen LogP contribution in [0.3, 0.4) is 0 Å². The van der Waals surface area contributed by atoms with Crippen molar-refractivity contribution in [3.05, 3.63) is 35.4 Å². The zero-order valence-electron chi connectivity index (χ0n) is 10.7. The van der Waals surface area contributed by atoms with Crippen LogP contribution in [0, 0.1) is 11.3 Å². The quantitative estimate of drug-likeness (QED) is 0.700. The third-order valence-corrected chi connectivity index (χ3v) is 3.93. The first-order valence-corrected chi connectivity index (χ1v) is 7.80. The summed E-state index contributed by atoms with van der Waals surface area (Å²) >= 11 is 0. The van der Waals surface area contributed by atoms with Crippen LogP contribution in [0.5, 0.6) is 0 Å². The van der Waals surface area contributed by atoms with Gasteiger partial charge in [0.1, 0.15) is 0 Å². The molecule has 0 aromatic heterocycles. The standard InChI is InChI=1S/C13H18N2O3S/c14-10-12-5-4-6-13(9-12)11-19(17,18)15-7-2-1-3-8-16/h4-6,9,15-16H,1-3,7-8,11H2. The van der Waals surface area contributed by atoms with Gasteiger partial charge in [-0.1, -0.05) is 12.1 Å². The normalized spacial score (nSPS) is 11.2. The number of nitriles is 1. The summed E-state index contributed by atoms with van der Waals surface area (Å²) in [4.78, 5) is 0. The van der Waals surface area contributed by atoms with Crippen LogP contribution in [0.1, 0.15) is 30.4 Å². The van der Waals surface area contributed by atoms with E-state index in [1.165, 1.54) is 0 Å². The summed E-state index contributed by atoms with van der Waals surface area (Å²) in [7, 11) is -3.37. The maximum Gasteiger partial charge on any atom is 0.215 e. The van der Waals surface area contributed by atoms with E-state index < -0.39 is 10.0 Å². The molecule has 2 N–H and O–H groups in total. The first-order chi connectivity index (χ1) is 9.07. The third kappa shape index (κ3) is 6.34. The van der Waals surface area contributed by atoms with E-state index in [1.807, 2.05) is 6.07 Å². The zero-order valence-corrected chi connectivity index (χ0v) is 11.5. The van der Waals surface area contributed by atoms with Crippen LogP contribution in [-0.4, -0.2) is 26.7 Å². The van der Waals surface area contributed by atoms with Crippen molar-refractivity contribution < 1.29 is 13.5 Å². The van der Waals surface area contributed by atoms with Gasteiger partial charge in [-0.05, 0) is 37.0 Å². The Labute approximate surface area is 113 Å². The number of sulfonamides is 1. The Morgan fingerprint density at radius 1 is 1.26 bits per heavy atom. The van der Waals surface area contributed by atoms with Gasteiger partial charge in [-0.3, -0.25) is 0 Å². The number of nitrogens with one attached hydrogen (secondary N) is 1. The van der Waals surface area contributed by atoms with Gasteiger partial charge >= 0.3 is 0 Å². The minimum absolute atomic E-state index is 0.123. The Balaban J connectivity index is 2.48. The van der Waals surface area contributed by atoms with Crippen LogP contribution >= 0.6 is 0 Å². The van der Waals surface area contributed by atoms with Crippen molar-refractivity contribution in [1.82, 2.24) is 4.72 Å². The largest absolute Gasteiger partial charge is 0.396 e. The Morgan fingerprint density at radius 3 is 2.74 bits per heavy atom. The summed E-state index contributed by atoms with van der Waals surface area (Å²) in [5, 5.41) is 17.4. The SMILES string of the molecule is N#Cc1cccc(CS(=O)(=O)NCCCCCO)c1. The highest BCUT2D eigenvalue weighted by atomic mass is 32.2. The molecule has 0 unspecified atom stereocenters. The van der Waals surface area contributed by atoms with Gasteiger partial charge in [0, 0.05) is 13.2 Å². The molecule has 0 atom stereocenters. The number of rotatable bonds is 8. The van der Waals surface area contributed by atoms with Crippen molar-refractivity contribution in [2.45, 2.75) is 25.0 Å². The highest BCUT2D eigenvalue weighted by Gasteiger charge is 2.10. The van der Waals surface area contributed by atoms with Crippen molar-refractivity contribution in [2.75, 3.05) is 13.2 Å². The number of benzene rings is 1. The topological polar surface area (TPSA) is 90.2 Å². The molecule has 0 amide bonds. The maximum atomic E-state index is 11.8. The highest BCUT2D eigenvalue weighted by Crippen LogP contribution is 2.08. The maximum absolute atomic E-state index is 11.8. The van der Waals surface area contributed by atoms with Gasteiger partial charge < -0.3 is 5.11 Å². The summed E-state index contributed by atoms with van der Waals surface area (Å²) in [5.41, 5.74) is 1.05. The van der Waals surface area contributed by atoms with Crippen molar-refractivity contribution in [3.63, 3.8) is 0 Å². The summed E-state index contributed by atoms with van der Waals surface area (Å²) in [6.45, 7) is 0.508.